The summed E-state index contributed by atoms with van der Waals surface area (Å²) in [6, 6.07) is 39.7. The van der Waals surface area contributed by atoms with Gasteiger partial charge in [-0.05, 0) is 91.9 Å². The highest BCUT2D eigenvalue weighted by molar-refractivity contribution is 6.11. The van der Waals surface area contributed by atoms with Crippen LogP contribution in [0.2, 0.25) is 0 Å². The Morgan fingerprint density at radius 1 is 0.500 bits per heavy atom. The van der Waals surface area contributed by atoms with Gasteiger partial charge in [-0.3, -0.25) is 19.3 Å². The van der Waals surface area contributed by atoms with Gasteiger partial charge in [0.15, 0.2) is 0 Å². The molecular formula is C34H27N3O3. The van der Waals surface area contributed by atoms with Crippen LogP contribution in [-0.2, 0) is 0 Å². The van der Waals surface area contributed by atoms with Gasteiger partial charge in [0.2, 0.25) is 0 Å². The first-order valence-corrected chi connectivity index (χ1v) is 12.8. The third-order valence-electron chi connectivity index (χ3n) is 6.31. The highest BCUT2D eigenvalue weighted by Gasteiger charge is 2.19. The van der Waals surface area contributed by atoms with E-state index < -0.39 is 0 Å². The van der Waals surface area contributed by atoms with Gasteiger partial charge in [-0.2, -0.15) is 0 Å². The second-order valence-corrected chi connectivity index (χ2v) is 9.24. The molecule has 0 heterocycles. The second-order valence-electron chi connectivity index (χ2n) is 9.24. The number of nitrogens with zero attached hydrogens (tertiary/aromatic N) is 1. The normalized spacial score (nSPS) is 10.4. The number of hydrogen-bond acceptors (Lipinski definition) is 3. The molecule has 196 valence electrons. The monoisotopic (exact) mass is 525 g/mol. The Hall–Kier alpha value is -5.49. The minimum Gasteiger partial charge on any atom is -0.322 e. The first-order chi connectivity index (χ1) is 19.5. The van der Waals surface area contributed by atoms with Crippen LogP contribution in [0.1, 0.15) is 36.6 Å². The van der Waals surface area contributed by atoms with E-state index in [1.165, 1.54) is 0 Å². The fourth-order valence-corrected chi connectivity index (χ4v) is 4.26. The molecule has 0 unspecified atom stereocenters. The first-order valence-electron chi connectivity index (χ1n) is 12.8. The lowest BCUT2D eigenvalue weighted by Crippen LogP contribution is -2.25. The summed E-state index contributed by atoms with van der Waals surface area (Å²) in [5.41, 5.74) is 5.16. The van der Waals surface area contributed by atoms with Crippen molar-refractivity contribution in [2.24, 2.45) is 0 Å². The summed E-state index contributed by atoms with van der Waals surface area (Å²) < 4.78 is 0. The van der Waals surface area contributed by atoms with Gasteiger partial charge in [-0.1, -0.05) is 54.1 Å². The number of rotatable bonds is 7. The van der Waals surface area contributed by atoms with Crippen molar-refractivity contribution in [2.75, 3.05) is 15.5 Å². The van der Waals surface area contributed by atoms with Crippen molar-refractivity contribution >= 4 is 40.5 Å². The smallest absolute Gasteiger partial charge is 0.262 e. The van der Waals surface area contributed by atoms with Crippen LogP contribution in [0.25, 0.3) is 0 Å². The van der Waals surface area contributed by atoms with Crippen LogP contribution >= 0.6 is 0 Å². The molecular weight excluding hydrogens is 498 g/mol. The molecule has 5 aromatic rings. The third-order valence-corrected chi connectivity index (χ3v) is 6.31. The molecule has 3 amide bonds. The number of aryl methyl sites for hydroxylation is 1. The SMILES string of the molecule is Cc1cccc(C(=O)Nc2ccc(C(=O)Nc3ccc(C(=O)N(c4ccccc4)c4ccccc4)cc3)cc2)c1. The Bertz CT molecular complexity index is 1590. The Morgan fingerprint density at radius 3 is 1.48 bits per heavy atom. The maximum Gasteiger partial charge on any atom is 0.262 e. The third kappa shape index (κ3) is 6.14. The van der Waals surface area contributed by atoms with Gasteiger partial charge < -0.3 is 10.6 Å². The fourth-order valence-electron chi connectivity index (χ4n) is 4.26. The average Bonchev–Trinajstić information content (AvgIpc) is 2.99. The van der Waals surface area contributed by atoms with Gasteiger partial charge in [0.25, 0.3) is 17.7 Å². The lowest BCUT2D eigenvalue weighted by atomic mass is 10.1. The zero-order valence-corrected chi connectivity index (χ0v) is 21.9. The highest BCUT2D eigenvalue weighted by atomic mass is 16.2. The Labute approximate surface area is 232 Å². The molecule has 0 spiro atoms. The van der Waals surface area contributed by atoms with Gasteiger partial charge in [0, 0.05) is 39.4 Å². The molecule has 0 saturated heterocycles. The molecule has 0 aromatic heterocycles. The summed E-state index contributed by atoms with van der Waals surface area (Å²) in [4.78, 5) is 40.5. The van der Waals surface area contributed by atoms with E-state index in [9.17, 15) is 14.4 Å². The lowest BCUT2D eigenvalue weighted by molar-refractivity contribution is 0.0996. The zero-order valence-electron chi connectivity index (χ0n) is 21.9. The summed E-state index contributed by atoms with van der Waals surface area (Å²) in [5.74, 6) is -0.696. The minimum atomic E-state index is -0.300. The molecule has 6 nitrogen and oxygen atoms in total. The summed E-state index contributed by atoms with van der Waals surface area (Å²) in [7, 11) is 0. The topological polar surface area (TPSA) is 78.5 Å². The van der Waals surface area contributed by atoms with E-state index >= 15 is 0 Å². The van der Waals surface area contributed by atoms with E-state index in [4.69, 9.17) is 0 Å². The first kappa shape index (κ1) is 26.1. The van der Waals surface area contributed by atoms with Gasteiger partial charge in [0.1, 0.15) is 0 Å². The Morgan fingerprint density at radius 2 is 0.975 bits per heavy atom. The molecule has 0 fully saturated rings. The molecule has 40 heavy (non-hydrogen) atoms. The van der Waals surface area contributed by atoms with Gasteiger partial charge in [-0.15, -0.1) is 0 Å². The Kier molecular flexibility index (Phi) is 7.79. The maximum absolute atomic E-state index is 13.5. The van der Waals surface area contributed by atoms with Crippen LogP contribution in [0.3, 0.4) is 0 Å². The highest BCUT2D eigenvalue weighted by Crippen LogP contribution is 2.27. The largest absolute Gasteiger partial charge is 0.322 e. The van der Waals surface area contributed by atoms with Crippen LogP contribution < -0.4 is 15.5 Å². The molecule has 0 radical (unpaired) electrons. The lowest BCUT2D eigenvalue weighted by Gasteiger charge is -2.23. The standard InChI is InChI=1S/C34H27N3O3/c1-24-9-8-10-27(23-24)33(39)36-28-19-15-25(16-20-28)32(38)35-29-21-17-26(18-22-29)34(40)37(30-11-4-2-5-12-30)31-13-6-3-7-14-31/h2-23H,1H3,(H,35,38)(H,36,39). The molecule has 5 aromatic carbocycles. The molecule has 0 saturated carbocycles. The average molecular weight is 526 g/mol. The van der Waals surface area contributed by atoms with E-state index in [1.54, 1.807) is 59.5 Å². The van der Waals surface area contributed by atoms with Crippen molar-refractivity contribution in [1.82, 2.24) is 0 Å². The van der Waals surface area contributed by atoms with Crippen LogP contribution in [0.4, 0.5) is 22.7 Å². The second kappa shape index (κ2) is 11.9. The van der Waals surface area contributed by atoms with Crippen LogP contribution in [0.15, 0.2) is 133 Å². The number of carbonyl (C=O) groups excluding carboxylic acids is 3. The van der Waals surface area contributed by atoms with E-state index in [-0.39, 0.29) is 17.7 Å². The summed E-state index contributed by atoms with van der Waals surface area (Å²) in [5, 5.41) is 5.70. The van der Waals surface area contributed by atoms with E-state index in [1.807, 2.05) is 85.8 Å². The van der Waals surface area contributed by atoms with Crippen molar-refractivity contribution < 1.29 is 14.4 Å². The van der Waals surface area contributed by atoms with Gasteiger partial charge >= 0.3 is 0 Å². The predicted molar refractivity (Wildman–Crippen MR) is 159 cm³/mol. The molecule has 5 rings (SSSR count). The summed E-state index contributed by atoms with van der Waals surface area (Å²) >= 11 is 0. The van der Waals surface area contributed by atoms with Crippen molar-refractivity contribution in [3.63, 3.8) is 0 Å². The quantitative estimate of drug-likeness (QED) is 0.231. The molecule has 0 aliphatic carbocycles. The number of benzene rings is 5. The number of hydrogen-bond donors (Lipinski definition) is 2. The molecule has 0 bridgehead atoms. The van der Waals surface area contributed by atoms with Crippen molar-refractivity contribution in [3.8, 4) is 0 Å². The van der Waals surface area contributed by atoms with Crippen LogP contribution in [-0.4, -0.2) is 17.7 Å². The molecule has 0 aliphatic heterocycles. The predicted octanol–water partition coefficient (Wildman–Crippen LogP) is 7.48. The maximum atomic E-state index is 13.5. The number of anilines is 4. The molecule has 0 atom stereocenters. The molecule has 0 aliphatic rings. The van der Waals surface area contributed by atoms with Crippen LogP contribution in [0.5, 0.6) is 0 Å². The Balaban J connectivity index is 1.25. The van der Waals surface area contributed by atoms with Crippen molar-refractivity contribution in [3.05, 3.63) is 156 Å². The van der Waals surface area contributed by atoms with E-state index in [2.05, 4.69) is 10.6 Å². The number of carbonyl (C=O) groups is 3. The van der Waals surface area contributed by atoms with Gasteiger partial charge in [0.05, 0.1) is 0 Å². The molecule has 6 heteroatoms. The fraction of sp³-hybridized carbons (Fsp3) is 0.0294. The number of nitrogens with one attached hydrogen (secondary N) is 2. The van der Waals surface area contributed by atoms with Crippen LogP contribution in [0, 0.1) is 6.92 Å². The minimum absolute atomic E-state index is 0.182. The summed E-state index contributed by atoms with van der Waals surface area (Å²) in [6.45, 7) is 1.93. The number of amides is 3. The number of para-hydroxylation sites is 2. The summed E-state index contributed by atoms with van der Waals surface area (Å²) in [6.07, 6.45) is 0. The zero-order chi connectivity index (χ0) is 27.9. The van der Waals surface area contributed by atoms with Crippen molar-refractivity contribution in [2.45, 2.75) is 6.92 Å². The molecule has 2 N–H and O–H groups in total. The van der Waals surface area contributed by atoms with Crippen molar-refractivity contribution in [1.29, 1.82) is 0 Å². The van der Waals surface area contributed by atoms with E-state index in [0.717, 1.165) is 16.9 Å². The van der Waals surface area contributed by atoms with E-state index in [0.29, 0.717) is 28.1 Å². The van der Waals surface area contributed by atoms with Gasteiger partial charge in [-0.25, -0.2) is 0 Å².